The first kappa shape index (κ1) is 17.5. The van der Waals surface area contributed by atoms with Crippen LogP contribution in [0, 0.1) is 11.3 Å². The molecule has 1 unspecified atom stereocenters. The quantitative estimate of drug-likeness (QED) is 0.617. The van der Waals surface area contributed by atoms with E-state index in [1.54, 1.807) is 31.2 Å². The number of rotatable bonds is 7. The molecule has 0 saturated carbocycles. The lowest BCUT2D eigenvalue weighted by atomic mass is 9.75. The third kappa shape index (κ3) is 4.21. The number of benzene rings is 1. The molecule has 1 aromatic carbocycles. The molecule has 1 N–H and O–H groups in total. The summed E-state index contributed by atoms with van der Waals surface area (Å²) in [5.74, 6) is -1.84. The molecule has 0 aliphatic carbocycles. The number of carboxylic acids is 1. The van der Waals surface area contributed by atoms with E-state index >= 15 is 0 Å². The van der Waals surface area contributed by atoms with E-state index < -0.39 is 17.4 Å². The van der Waals surface area contributed by atoms with Crippen molar-refractivity contribution in [2.24, 2.45) is 11.3 Å². The molecule has 0 heterocycles. The van der Waals surface area contributed by atoms with Gasteiger partial charge in [0, 0.05) is 11.4 Å². The van der Waals surface area contributed by atoms with Crippen LogP contribution < -0.4 is 0 Å². The lowest BCUT2D eigenvalue weighted by molar-refractivity contribution is -0.170. The molecule has 116 valence electrons. The van der Waals surface area contributed by atoms with E-state index in [1.807, 2.05) is 13.8 Å². The van der Waals surface area contributed by atoms with Gasteiger partial charge in [-0.05, 0) is 30.9 Å². The minimum Gasteiger partial charge on any atom is -0.480 e. The zero-order valence-electron chi connectivity index (χ0n) is 12.6. The zero-order chi connectivity index (χ0) is 16.0. The van der Waals surface area contributed by atoms with E-state index in [9.17, 15) is 14.7 Å². The topological polar surface area (TPSA) is 63.6 Å². The highest BCUT2D eigenvalue weighted by Crippen LogP contribution is 2.35. The summed E-state index contributed by atoms with van der Waals surface area (Å²) in [6.45, 7) is 5.57. The fraction of sp³-hybridized carbons (Fsp3) is 0.500. The highest BCUT2D eigenvalue weighted by Gasteiger charge is 2.48. The first-order chi connectivity index (χ1) is 9.83. The number of hydrogen-bond acceptors (Lipinski definition) is 3. The predicted molar refractivity (Wildman–Crippen MR) is 81.3 cm³/mol. The lowest BCUT2D eigenvalue weighted by Crippen LogP contribution is -2.44. The summed E-state index contributed by atoms with van der Waals surface area (Å²) < 4.78 is 5.02. The Balaban J connectivity index is 3.25. The second-order valence-corrected chi connectivity index (χ2v) is 5.88. The summed E-state index contributed by atoms with van der Waals surface area (Å²) in [5, 5.41) is 10.1. The van der Waals surface area contributed by atoms with Gasteiger partial charge in [-0.3, -0.25) is 9.59 Å². The van der Waals surface area contributed by atoms with Gasteiger partial charge in [-0.25, -0.2) is 0 Å². The van der Waals surface area contributed by atoms with Gasteiger partial charge in [-0.2, -0.15) is 0 Å². The van der Waals surface area contributed by atoms with E-state index in [2.05, 4.69) is 0 Å². The van der Waals surface area contributed by atoms with Crippen LogP contribution in [0.1, 0.15) is 32.8 Å². The van der Waals surface area contributed by atoms with Crippen LogP contribution in [0.3, 0.4) is 0 Å². The Morgan fingerprint density at radius 3 is 2.43 bits per heavy atom. The van der Waals surface area contributed by atoms with Crippen LogP contribution in [0.2, 0.25) is 5.02 Å². The zero-order valence-corrected chi connectivity index (χ0v) is 13.3. The van der Waals surface area contributed by atoms with Crippen LogP contribution >= 0.6 is 11.6 Å². The Hall–Kier alpha value is -1.55. The van der Waals surface area contributed by atoms with Gasteiger partial charge in [0.15, 0.2) is 5.41 Å². The molecular formula is C16H21ClO4. The van der Waals surface area contributed by atoms with E-state index in [0.717, 1.165) is 0 Å². The van der Waals surface area contributed by atoms with Gasteiger partial charge in [-0.1, -0.05) is 43.6 Å². The van der Waals surface area contributed by atoms with Crippen LogP contribution in [-0.4, -0.2) is 23.7 Å². The fourth-order valence-corrected chi connectivity index (χ4v) is 2.61. The molecule has 0 saturated heterocycles. The van der Waals surface area contributed by atoms with Gasteiger partial charge < -0.3 is 9.84 Å². The molecule has 1 rings (SSSR count). The van der Waals surface area contributed by atoms with Gasteiger partial charge in [0.25, 0.3) is 0 Å². The van der Waals surface area contributed by atoms with Crippen LogP contribution in [0.15, 0.2) is 24.3 Å². The Morgan fingerprint density at radius 2 is 1.95 bits per heavy atom. The molecule has 0 radical (unpaired) electrons. The fourth-order valence-electron chi connectivity index (χ4n) is 2.41. The monoisotopic (exact) mass is 312 g/mol. The van der Waals surface area contributed by atoms with Crippen LogP contribution in [0.5, 0.6) is 0 Å². The number of halogens is 1. The number of carbonyl (C=O) groups is 2. The third-order valence-corrected chi connectivity index (χ3v) is 3.65. The maximum Gasteiger partial charge on any atom is 0.323 e. The highest BCUT2D eigenvalue weighted by molar-refractivity contribution is 6.31. The Bertz CT molecular complexity index is 513. The standard InChI is InChI=1S/C16H21ClO4/c1-4-21-15(20)16(14(18)19,9-11(2)3)10-12-7-5-6-8-13(12)17/h5-8,11H,4,9-10H2,1-3H3,(H,18,19). The van der Waals surface area contributed by atoms with Crippen molar-refractivity contribution in [2.45, 2.75) is 33.6 Å². The molecule has 5 heteroatoms. The SMILES string of the molecule is CCOC(=O)C(Cc1ccccc1Cl)(CC(C)C)C(=O)O. The van der Waals surface area contributed by atoms with Gasteiger partial charge >= 0.3 is 11.9 Å². The summed E-state index contributed by atoms with van der Waals surface area (Å²) in [6, 6.07) is 6.96. The number of hydrogen-bond donors (Lipinski definition) is 1. The van der Waals surface area contributed by atoms with Gasteiger partial charge in [0.05, 0.1) is 6.61 Å². The van der Waals surface area contributed by atoms with Crippen molar-refractivity contribution in [1.29, 1.82) is 0 Å². The molecule has 1 aromatic rings. The van der Waals surface area contributed by atoms with Crippen molar-refractivity contribution in [1.82, 2.24) is 0 Å². The van der Waals surface area contributed by atoms with Crippen molar-refractivity contribution < 1.29 is 19.4 Å². The summed E-state index contributed by atoms with van der Waals surface area (Å²) in [6.07, 6.45) is 0.228. The van der Waals surface area contributed by atoms with Crippen LogP contribution in [0.4, 0.5) is 0 Å². The van der Waals surface area contributed by atoms with Crippen molar-refractivity contribution in [3.05, 3.63) is 34.9 Å². The highest BCUT2D eigenvalue weighted by atomic mass is 35.5. The van der Waals surface area contributed by atoms with Crippen molar-refractivity contribution in [3.63, 3.8) is 0 Å². The summed E-state index contributed by atoms with van der Waals surface area (Å²) in [5.41, 5.74) is -0.968. The Labute approximate surface area is 130 Å². The van der Waals surface area contributed by atoms with Crippen molar-refractivity contribution in [3.8, 4) is 0 Å². The lowest BCUT2D eigenvalue weighted by Gasteiger charge is -2.29. The average molecular weight is 313 g/mol. The summed E-state index contributed by atoms with van der Waals surface area (Å²) >= 11 is 6.11. The number of esters is 1. The molecule has 0 aromatic heterocycles. The number of carbonyl (C=O) groups excluding carboxylic acids is 1. The molecule has 21 heavy (non-hydrogen) atoms. The number of carboxylic acid groups (broad SMARTS) is 1. The molecular weight excluding hydrogens is 292 g/mol. The minimum atomic E-state index is -1.60. The summed E-state index contributed by atoms with van der Waals surface area (Å²) in [7, 11) is 0. The first-order valence-electron chi connectivity index (χ1n) is 6.97. The molecule has 0 fully saturated rings. The second-order valence-electron chi connectivity index (χ2n) is 5.47. The number of aliphatic carboxylic acids is 1. The maximum atomic E-state index is 12.3. The molecule has 0 aliphatic heterocycles. The third-order valence-electron chi connectivity index (χ3n) is 3.28. The number of ether oxygens (including phenoxy) is 1. The second kappa shape index (κ2) is 7.46. The predicted octanol–water partition coefficient (Wildman–Crippen LogP) is 3.56. The van der Waals surface area contributed by atoms with E-state index in [0.29, 0.717) is 10.6 Å². The first-order valence-corrected chi connectivity index (χ1v) is 7.35. The molecule has 1 atom stereocenters. The molecule has 0 spiro atoms. The van der Waals surface area contributed by atoms with Gasteiger partial charge in [0.1, 0.15) is 0 Å². The van der Waals surface area contributed by atoms with Gasteiger partial charge in [-0.15, -0.1) is 0 Å². The Kier molecular flexibility index (Phi) is 6.21. The van der Waals surface area contributed by atoms with E-state index in [-0.39, 0.29) is 25.4 Å². The maximum absolute atomic E-state index is 12.3. The largest absolute Gasteiger partial charge is 0.480 e. The van der Waals surface area contributed by atoms with Crippen molar-refractivity contribution in [2.75, 3.05) is 6.61 Å². The molecule has 0 amide bonds. The molecule has 0 aliphatic rings. The van der Waals surface area contributed by atoms with Crippen LogP contribution in [-0.2, 0) is 20.7 Å². The smallest absolute Gasteiger partial charge is 0.323 e. The minimum absolute atomic E-state index is 0.0268. The van der Waals surface area contributed by atoms with E-state index in [4.69, 9.17) is 16.3 Å². The van der Waals surface area contributed by atoms with Crippen LogP contribution in [0.25, 0.3) is 0 Å². The summed E-state index contributed by atoms with van der Waals surface area (Å²) in [4.78, 5) is 24.2. The normalized spacial score (nSPS) is 13.8. The average Bonchev–Trinajstić information content (AvgIpc) is 2.39. The molecule has 0 bridgehead atoms. The van der Waals surface area contributed by atoms with Gasteiger partial charge in [0.2, 0.25) is 0 Å². The Morgan fingerprint density at radius 1 is 1.33 bits per heavy atom. The van der Waals surface area contributed by atoms with Crippen molar-refractivity contribution >= 4 is 23.5 Å². The molecule has 4 nitrogen and oxygen atoms in total. The van der Waals surface area contributed by atoms with E-state index in [1.165, 1.54) is 0 Å².